The molecule has 1 saturated carbocycles. The quantitative estimate of drug-likeness (QED) is 0.792. The smallest absolute Gasteiger partial charge is 0.0205 e. The zero-order chi connectivity index (χ0) is 14.6. The number of hydrogen-bond donors (Lipinski definition) is 1. The fraction of sp³-hybridized carbons (Fsp3) is 0.684. The molecule has 0 unspecified atom stereocenters. The predicted molar refractivity (Wildman–Crippen MR) is 88.0 cm³/mol. The van der Waals surface area contributed by atoms with Gasteiger partial charge >= 0.3 is 0 Å². The van der Waals surface area contributed by atoms with Crippen molar-refractivity contribution < 1.29 is 0 Å². The Bertz CT molecular complexity index is 404. The average molecular weight is 273 g/mol. The maximum absolute atomic E-state index is 3.69. The van der Waals surface area contributed by atoms with Crippen LogP contribution in [0.2, 0.25) is 0 Å². The second-order valence-electron chi connectivity index (χ2n) is 7.61. The van der Waals surface area contributed by atoms with Crippen LogP contribution in [0.1, 0.15) is 70.9 Å². The van der Waals surface area contributed by atoms with E-state index < -0.39 is 0 Å². The van der Waals surface area contributed by atoms with Gasteiger partial charge in [0.15, 0.2) is 0 Å². The summed E-state index contributed by atoms with van der Waals surface area (Å²) in [5, 5.41) is 3.69. The highest BCUT2D eigenvalue weighted by molar-refractivity contribution is 5.27. The van der Waals surface area contributed by atoms with Crippen LogP contribution < -0.4 is 5.32 Å². The van der Waals surface area contributed by atoms with Crippen LogP contribution in [0.15, 0.2) is 24.3 Å². The molecule has 1 aromatic carbocycles. The fourth-order valence-electron chi connectivity index (χ4n) is 3.37. The third-order valence-corrected chi connectivity index (χ3v) is 5.06. The van der Waals surface area contributed by atoms with Gasteiger partial charge in [0, 0.05) is 13.1 Å². The van der Waals surface area contributed by atoms with Crippen LogP contribution >= 0.6 is 0 Å². The van der Waals surface area contributed by atoms with E-state index >= 15 is 0 Å². The first kappa shape index (κ1) is 15.6. The summed E-state index contributed by atoms with van der Waals surface area (Å²) >= 11 is 0. The molecule has 1 aliphatic carbocycles. The van der Waals surface area contributed by atoms with Crippen LogP contribution in [0.25, 0.3) is 0 Å². The normalized spacial score (nSPS) is 18.4. The topological polar surface area (TPSA) is 12.0 Å². The fourth-order valence-corrected chi connectivity index (χ4v) is 3.37. The highest BCUT2D eigenvalue weighted by Gasteiger charge is 2.31. The van der Waals surface area contributed by atoms with Gasteiger partial charge < -0.3 is 5.32 Å². The van der Waals surface area contributed by atoms with Crippen LogP contribution in [0.3, 0.4) is 0 Å². The van der Waals surface area contributed by atoms with E-state index in [1.54, 1.807) is 0 Å². The van der Waals surface area contributed by atoms with Crippen LogP contribution in [-0.2, 0) is 12.0 Å². The molecular weight excluding hydrogens is 242 g/mol. The van der Waals surface area contributed by atoms with Crippen molar-refractivity contribution in [1.82, 2.24) is 5.32 Å². The maximum atomic E-state index is 3.69. The monoisotopic (exact) mass is 273 g/mol. The number of benzene rings is 1. The molecule has 0 bridgehead atoms. The van der Waals surface area contributed by atoms with Gasteiger partial charge in [-0.2, -0.15) is 0 Å². The summed E-state index contributed by atoms with van der Waals surface area (Å²) in [4.78, 5) is 0. The second kappa shape index (κ2) is 6.30. The van der Waals surface area contributed by atoms with E-state index in [1.165, 1.54) is 49.8 Å². The van der Waals surface area contributed by atoms with Crippen molar-refractivity contribution in [3.05, 3.63) is 35.4 Å². The van der Waals surface area contributed by atoms with Crippen molar-refractivity contribution >= 4 is 0 Å². The summed E-state index contributed by atoms with van der Waals surface area (Å²) in [5.74, 6) is 0. The zero-order valence-electron chi connectivity index (χ0n) is 13.8. The van der Waals surface area contributed by atoms with Gasteiger partial charge in [0.1, 0.15) is 0 Å². The molecular formula is C19H31N. The van der Waals surface area contributed by atoms with Crippen LogP contribution in [0, 0.1) is 5.41 Å². The molecule has 0 heterocycles. The van der Waals surface area contributed by atoms with E-state index in [0.29, 0.717) is 5.41 Å². The van der Waals surface area contributed by atoms with E-state index in [0.717, 1.165) is 6.54 Å². The third-order valence-electron chi connectivity index (χ3n) is 5.06. The molecule has 0 atom stereocenters. The Labute approximate surface area is 125 Å². The number of hydrogen-bond acceptors (Lipinski definition) is 1. The van der Waals surface area contributed by atoms with Crippen molar-refractivity contribution in [1.29, 1.82) is 0 Å². The Morgan fingerprint density at radius 1 is 1.05 bits per heavy atom. The standard InChI is InChI=1S/C19H31N/c1-5-19(12-6-7-13-19)15-20-14-16-8-10-17(11-9-16)18(2,3)4/h8-11,20H,5-7,12-15H2,1-4H3. The average Bonchev–Trinajstić information content (AvgIpc) is 2.88. The van der Waals surface area contributed by atoms with Crippen molar-refractivity contribution in [3.8, 4) is 0 Å². The molecule has 1 heteroatoms. The molecule has 0 saturated heterocycles. The minimum absolute atomic E-state index is 0.252. The molecule has 2 rings (SSSR count). The third kappa shape index (κ3) is 3.85. The SMILES string of the molecule is CCC1(CNCc2ccc(C(C)(C)C)cc2)CCCC1. The summed E-state index contributed by atoms with van der Waals surface area (Å²) in [6, 6.07) is 9.12. The highest BCUT2D eigenvalue weighted by Crippen LogP contribution is 2.40. The first-order valence-electron chi connectivity index (χ1n) is 8.25. The van der Waals surface area contributed by atoms with Gasteiger partial charge in [-0.05, 0) is 41.2 Å². The molecule has 1 N–H and O–H groups in total. The van der Waals surface area contributed by atoms with Crippen LogP contribution in [-0.4, -0.2) is 6.54 Å². The van der Waals surface area contributed by atoms with Crippen molar-refractivity contribution in [2.45, 2.75) is 71.8 Å². The molecule has 1 nitrogen and oxygen atoms in total. The van der Waals surface area contributed by atoms with E-state index in [-0.39, 0.29) is 5.41 Å². The van der Waals surface area contributed by atoms with Crippen LogP contribution in [0.5, 0.6) is 0 Å². The molecule has 1 aromatic rings. The first-order chi connectivity index (χ1) is 9.45. The summed E-state index contributed by atoms with van der Waals surface area (Å²) in [7, 11) is 0. The van der Waals surface area contributed by atoms with E-state index in [2.05, 4.69) is 57.3 Å². The number of nitrogens with one attached hydrogen (secondary N) is 1. The van der Waals surface area contributed by atoms with Gasteiger partial charge in [0.2, 0.25) is 0 Å². The largest absolute Gasteiger partial charge is 0.312 e. The minimum Gasteiger partial charge on any atom is -0.312 e. The van der Waals surface area contributed by atoms with Gasteiger partial charge in [-0.15, -0.1) is 0 Å². The highest BCUT2D eigenvalue weighted by atomic mass is 14.9. The molecule has 20 heavy (non-hydrogen) atoms. The second-order valence-corrected chi connectivity index (χ2v) is 7.61. The lowest BCUT2D eigenvalue weighted by Crippen LogP contribution is -2.31. The lowest BCUT2D eigenvalue weighted by molar-refractivity contribution is 0.268. The lowest BCUT2D eigenvalue weighted by Gasteiger charge is -2.28. The molecule has 0 aliphatic heterocycles. The zero-order valence-corrected chi connectivity index (χ0v) is 13.8. The molecule has 0 amide bonds. The van der Waals surface area contributed by atoms with Crippen molar-refractivity contribution in [2.75, 3.05) is 6.54 Å². The van der Waals surface area contributed by atoms with Crippen LogP contribution in [0.4, 0.5) is 0 Å². The van der Waals surface area contributed by atoms with Gasteiger partial charge in [-0.1, -0.05) is 64.8 Å². The summed E-state index contributed by atoms with van der Waals surface area (Å²) in [6.45, 7) is 11.4. The van der Waals surface area contributed by atoms with E-state index in [4.69, 9.17) is 0 Å². The molecule has 1 fully saturated rings. The Morgan fingerprint density at radius 2 is 1.65 bits per heavy atom. The van der Waals surface area contributed by atoms with Gasteiger partial charge in [0.05, 0.1) is 0 Å². The van der Waals surface area contributed by atoms with Crippen molar-refractivity contribution in [3.63, 3.8) is 0 Å². The molecule has 0 radical (unpaired) electrons. The van der Waals surface area contributed by atoms with Crippen molar-refractivity contribution in [2.24, 2.45) is 5.41 Å². The van der Waals surface area contributed by atoms with Gasteiger partial charge in [-0.3, -0.25) is 0 Å². The van der Waals surface area contributed by atoms with Gasteiger partial charge in [0.25, 0.3) is 0 Å². The van der Waals surface area contributed by atoms with E-state index in [1.807, 2.05) is 0 Å². The molecule has 112 valence electrons. The molecule has 0 aromatic heterocycles. The summed E-state index contributed by atoms with van der Waals surface area (Å²) in [5.41, 5.74) is 3.66. The maximum Gasteiger partial charge on any atom is 0.0205 e. The van der Waals surface area contributed by atoms with E-state index in [9.17, 15) is 0 Å². The Balaban J connectivity index is 1.85. The summed E-state index contributed by atoms with van der Waals surface area (Å²) < 4.78 is 0. The Hall–Kier alpha value is -0.820. The Morgan fingerprint density at radius 3 is 2.15 bits per heavy atom. The molecule has 0 spiro atoms. The lowest BCUT2D eigenvalue weighted by atomic mass is 9.83. The number of rotatable bonds is 5. The molecule has 1 aliphatic rings. The first-order valence-corrected chi connectivity index (χ1v) is 8.25. The summed E-state index contributed by atoms with van der Waals surface area (Å²) in [6.07, 6.45) is 7.01. The predicted octanol–water partition coefficient (Wildman–Crippen LogP) is 5.04. The van der Waals surface area contributed by atoms with Gasteiger partial charge in [-0.25, -0.2) is 0 Å². The Kier molecular flexibility index (Phi) is 4.90. The minimum atomic E-state index is 0.252.